The molecule has 1 N–H and O–H groups in total. The molecule has 0 radical (unpaired) electrons. The first kappa shape index (κ1) is 43.9. The lowest BCUT2D eigenvalue weighted by Gasteiger charge is -2.52. The monoisotopic (exact) mass is 828 g/mol. The predicted octanol–water partition coefficient (Wildman–Crippen LogP) is 6.33. The lowest BCUT2D eigenvalue weighted by molar-refractivity contribution is -0.114. The number of hydrogen-bond acceptors (Lipinski definition) is 10. The van der Waals surface area contributed by atoms with Gasteiger partial charge in [0.05, 0.1) is 36.8 Å². The average molecular weight is 830 g/mol. The molecule has 1 amide bonds. The Kier molecular flexibility index (Phi) is 14.7. The molecule has 316 valence electrons. The number of benzene rings is 2. The van der Waals surface area contributed by atoms with Gasteiger partial charge < -0.3 is 23.8 Å². The lowest BCUT2D eigenvalue weighted by atomic mass is 9.63. The zero-order valence-electron chi connectivity index (χ0n) is 34.9. The van der Waals surface area contributed by atoms with Crippen LogP contribution in [0.3, 0.4) is 0 Å². The maximum atomic E-state index is 13.5. The van der Waals surface area contributed by atoms with Crippen LogP contribution >= 0.6 is 11.6 Å². The fourth-order valence-corrected chi connectivity index (χ4v) is 10.4. The van der Waals surface area contributed by atoms with Crippen LogP contribution in [0, 0.1) is 11.8 Å². The summed E-state index contributed by atoms with van der Waals surface area (Å²) in [4.78, 5) is 21.0. The molecule has 2 aromatic carbocycles. The Balaban J connectivity index is 1.31. The number of fused-ring (bicyclic) bond motifs is 3. The fraction of sp³-hybridized carbons (Fsp3) is 0.659. The fourth-order valence-electron chi connectivity index (χ4n) is 9.64. The van der Waals surface area contributed by atoms with Crippen LogP contribution in [-0.2, 0) is 36.1 Å². The highest BCUT2D eigenvalue weighted by atomic mass is 35.5. The molecule has 4 aliphatic rings. The van der Waals surface area contributed by atoms with Gasteiger partial charge in [0.25, 0.3) is 5.91 Å². The van der Waals surface area contributed by atoms with Crippen LogP contribution in [0.4, 0.5) is 5.69 Å². The summed E-state index contributed by atoms with van der Waals surface area (Å²) in [7, 11) is -0.313. The minimum Gasteiger partial charge on any atom is -0.490 e. The van der Waals surface area contributed by atoms with E-state index in [0.717, 1.165) is 88.5 Å². The van der Waals surface area contributed by atoms with Crippen molar-refractivity contribution in [1.82, 2.24) is 14.5 Å². The molecule has 2 aliphatic heterocycles. The number of nitrogens with one attached hydrogen (secondary N) is 1. The van der Waals surface area contributed by atoms with Crippen LogP contribution in [0.25, 0.3) is 0 Å². The van der Waals surface area contributed by atoms with Gasteiger partial charge in [0.1, 0.15) is 11.4 Å². The zero-order valence-corrected chi connectivity index (χ0v) is 36.5. The number of ether oxygens (including phenoxy) is 4. The van der Waals surface area contributed by atoms with Gasteiger partial charge in [-0.05, 0) is 113 Å². The van der Waals surface area contributed by atoms with Crippen molar-refractivity contribution < 1.29 is 32.2 Å². The average Bonchev–Trinajstić information content (AvgIpc) is 3.32. The number of nitrogens with zero attached hydrogens (tertiary/aromatic N) is 3. The topological polar surface area (TPSA) is 110 Å². The summed E-state index contributed by atoms with van der Waals surface area (Å²) >= 11 is 6.53. The molecule has 0 unspecified atom stereocenters. The number of carbonyl (C=O) groups excluding carboxylic acids is 1. The van der Waals surface area contributed by atoms with E-state index < -0.39 is 26.8 Å². The predicted molar refractivity (Wildman–Crippen MR) is 227 cm³/mol. The van der Waals surface area contributed by atoms with Crippen molar-refractivity contribution in [2.45, 2.75) is 88.5 Å². The number of halogens is 1. The second-order valence-electron chi connectivity index (χ2n) is 16.8. The molecule has 0 bridgehead atoms. The molecule has 4 atom stereocenters. The Morgan fingerprint density at radius 1 is 1.07 bits per heavy atom. The Labute approximate surface area is 346 Å². The summed E-state index contributed by atoms with van der Waals surface area (Å²) in [5, 5.41) is 0.000220. The molecule has 1 saturated carbocycles. The van der Waals surface area contributed by atoms with Crippen molar-refractivity contribution in [3.05, 3.63) is 70.3 Å². The minimum absolute atomic E-state index is 0.234. The quantitative estimate of drug-likeness (QED) is 0.182. The SMILES string of the molecule is CC/C=C/[C@@](CN1CCN(C(COC)COC)CC1)(OCC)[C@@H]1CC[C@H]1CN1C[C@@]2(CCCc3cc(Cl)ccc32)COc2ccc(C(=O)NS(=O)(=O)C(C)C)cc21. The molecule has 2 aromatic rings. The van der Waals surface area contributed by atoms with Gasteiger partial charge >= 0.3 is 0 Å². The highest BCUT2D eigenvalue weighted by molar-refractivity contribution is 7.90. The zero-order chi connectivity index (χ0) is 40.8. The van der Waals surface area contributed by atoms with Gasteiger partial charge in [0.15, 0.2) is 0 Å². The van der Waals surface area contributed by atoms with Crippen LogP contribution in [0.1, 0.15) is 81.3 Å². The first-order chi connectivity index (χ1) is 27.4. The molecule has 6 rings (SSSR count). The van der Waals surface area contributed by atoms with Crippen LogP contribution in [0.15, 0.2) is 48.6 Å². The van der Waals surface area contributed by atoms with Gasteiger partial charge in [-0.25, -0.2) is 13.1 Å². The summed E-state index contributed by atoms with van der Waals surface area (Å²) in [6.07, 6.45) is 10.6. The molecule has 2 heterocycles. The van der Waals surface area contributed by atoms with Gasteiger partial charge in [-0.15, -0.1) is 0 Å². The van der Waals surface area contributed by atoms with E-state index in [9.17, 15) is 13.2 Å². The molecule has 2 aliphatic carbocycles. The third-order valence-electron chi connectivity index (χ3n) is 12.8. The summed E-state index contributed by atoms with van der Waals surface area (Å²) in [5.41, 5.74) is 2.89. The summed E-state index contributed by atoms with van der Waals surface area (Å²) in [6, 6.07) is 11.8. The lowest BCUT2D eigenvalue weighted by Crippen LogP contribution is -2.60. The number of sulfonamides is 1. The standard InChI is InChI=1S/C44H65ClN4O7S/c1-7-9-19-44(56-8-2,30-47-20-22-48(23-21-47)37(27-53-5)28-54-6)39-15-12-35(39)26-49-29-43(18-10-11-33-24-36(45)14-16-38(33)43)31-55-41-17-13-34(25-40(41)49)42(50)46-57(51,52)32(3)4/h9,13-14,16-17,19,24-25,32,35,37,39H,7-8,10-12,15,18,20-23,26-31H2,1-6H3,(H,46,50)/b19-9+/t35-,39+,43-,44-/m0/s1. The van der Waals surface area contributed by atoms with Crippen molar-refractivity contribution in [1.29, 1.82) is 0 Å². The molecule has 11 nitrogen and oxygen atoms in total. The van der Waals surface area contributed by atoms with Crippen molar-refractivity contribution in [2.24, 2.45) is 11.8 Å². The van der Waals surface area contributed by atoms with E-state index in [1.807, 2.05) is 18.2 Å². The van der Waals surface area contributed by atoms with Crippen molar-refractivity contribution in [3.63, 3.8) is 0 Å². The Hall–Kier alpha value is -2.71. The normalized spacial score (nSPS) is 24.2. The smallest absolute Gasteiger partial charge is 0.264 e. The largest absolute Gasteiger partial charge is 0.490 e. The molecule has 0 aromatic heterocycles. The Morgan fingerprint density at radius 3 is 2.47 bits per heavy atom. The van der Waals surface area contributed by atoms with Gasteiger partial charge in [-0.1, -0.05) is 36.7 Å². The van der Waals surface area contributed by atoms with E-state index in [1.54, 1.807) is 34.1 Å². The van der Waals surface area contributed by atoms with Gasteiger partial charge in [0.2, 0.25) is 10.0 Å². The van der Waals surface area contributed by atoms with Gasteiger partial charge in [-0.2, -0.15) is 0 Å². The summed E-state index contributed by atoms with van der Waals surface area (Å²) < 4.78 is 52.5. The first-order valence-corrected chi connectivity index (χ1v) is 22.9. The number of methoxy groups -OCH3 is 2. The second-order valence-corrected chi connectivity index (χ2v) is 19.5. The van der Waals surface area contributed by atoms with Crippen molar-refractivity contribution in [2.75, 3.05) is 91.4 Å². The van der Waals surface area contributed by atoms with Crippen LogP contribution in [0.5, 0.6) is 5.75 Å². The van der Waals surface area contributed by atoms with E-state index in [-0.39, 0.29) is 22.9 Å². The second kappa shape index (κ2) is 19.1. The maximum absolute atomic E-state index is 13.5. The number of rotatable bonds is 17. The number of anilines is 1. The van der Waals surface area contributed by atoms with Gasteiger partial charge in [0, 0.05) is 82.6 Å². The maximum Gasteiger partial charge on any atom is 0.264 e. The summed E-state index contributed by atoms with van der Waals surface area (Å²) in [5.74, 6) is 0.645. The molecular weight excluding hydrogens is 764 g/mol. The summed E-state index contributed by atoms with van der Waals surface area (Å²) in [6.45, 7) is 15.8. The van der Waals surface area contributed by atoms with E-state index in [0.29, 0.717) is 44.6 Å². The minimum atomic E-state index is -3.82. The molecule has 1 saturated heterocycles. The molecule has 57 heavy (non-hydrogen) atoms. The molecule has 13 heteroatoms. The van der Waals surface area contributed by atoms with E-state index >= 15 is 0 Å². The van der Waals surface area contributed by atoms with Crippen LogP contribution in [-0.4, -0.2) is 127 Å². The number of piperazine rings is 1. The third kappa shape index (κ3) is 9.85. The van der Waals surface area contributed by atoms with Crippen molar-refractivity contribution >= 4 is 33.2 Å². The number of aryl methyl sites for hydroxylation is 1. The molecular formula is C44H65ClN4O7S. The van der Waals surface area contributed by atoms with E-state index in [1.165, 1.54) is 11.1 Å². The van der Waals surface area contributed by atoms with E-state index in [4.69, 9.17) is 30.5 Å². The molecule has 2 fully saturated rings. The van der Waals surface area contributed by atoms with E-state index in [2.05, 4.69) is 57.6 Å². The number of carbonyl (C=O) groups is 1. The van der Waals surface area contributed by atoms with Crippen molar-refractivity contribution in [3.8, 4) is 5.75 Å². The van der Waals surface area contributed by atoms with Gasteiger partial charge in [-0.3, -0.25) is 14.6 Å². The molecule has 1 spiro atoms. The number of amides is 1. The highest BCUT2D eigenvalue weighted by Gasteiger charge is 2.50. The number of allylic oxidation sites excluding steroid dienone is 1. The highest BCUT2D eigenvalue weighted by Crippen LogP contribution is 2.49. The third-order valence-corrected chi connectivity index (χ3v) is 14.8. The first-order valence-electron chi connectivity index (χ1n) is 21.0. The van der Waals surface area contributed by atoms with Crippen LogP contribution < -0.4 is 14.4 Å². The Morgan fingerprint density at radius 2 is 1.82 bits per heavy atom. The van der Waals surface area contributed by atoms with Crippen LogP contribution in [0.2, 0.25) is 5.02 Å². The Bertz CT molecular complexity index is 1810. The number of hydrogen-bond donors (Lipinski definition) is 1.